The largest absolute Gasteiger partial charge is 0.457 e. The molecule has 9 heteroatoms. The molecule has 2 aromatic rings. The average molecular weight is 439 g/mol. The first-order chi connectivity index (χ1) is 13.7. The number of aryl methyl sites for hydroxylation is 1. The van der Waals surface area contributed by atoms with E-state index in [0.29, 0.717) is 36.6 Å². The van der Waals surface area contributed by atoms with E-state index in [2.05, 4.69) is 0 Å². The molecular weight excluding hydrogens is 412 g/mol. The van der Waals surface area contributed by atoms with Gasteiger partial charge in [-0.05, 0) is 61.6 Å². The number of sulfonamides is 1. The predicted octanol–water partition coefficient (Wildman–Crippen LogP) is 2.08. The summed E-state index contributed by atoms with van der Waals surface area (Å²) in [6, 6.07) is 10.1. The first kappa shape index (κ1) is 22.1. The highest BCUT2D eigenvalue weighted by Gasteiger charge is 2.31. The molecule has 0 bridgehead atoms. The summed E-state index contributed by atoms with van der Waals surface area (Å²) in [6.45, 7) is 2.63. The summed E-state index contributed by atoms with van der Waals surface area (Å²) in [5.41, 5.74) is 1.70. The first-order valence-corrected chi connectivity index (χ1v) is 12.0. The van der Waals surface area contributed by atoms with Crippen molar-refractivity contribution in [3.05, 3.63) is 47.5 Å². The van der Waals surface area contributed by atoms with Crippen molar-refractivity contribution in [3.63, 3.8) is 0 Å². The monoisotopic (exact) mass is 438 g/mol. The van der Waals surface area contributed by atoms with Crippen molar-refractivity contribution in [3.8, 4) is 11.5 Å². The second-order valence-electron chi connectivity index (χ2n) is 7.20. The van der Waals surface area contributed by atoms with Gasteiger partial charge in [-0.3, -0.25) is 4.90 Å². The van der Waals surface area contributed by atoms with E-state index in [4.69, 9.17) is 9.88 Å². The van der Waals surface area contributed by atoms with Crippen molar-refractivity contribution in [1.29, 1.82) is 0 Å². The van der Waals surface area contributed by atoms with Gasteiger partial charge >= 0.3 is 0 Å². The molecule has 2 aromatic carbocycles. The number of rotatable bonds is 7. The Bertz CT molecular complexity index is 981. The number of aliphatic hydroxyl groups excluding tert-OH is 2. The molecule has 0 spiro atoms. The van der Waals surface area contributed by atoms with Crippen molar-refractivity contribution in [2.24, 2.45) is 5.14 Å². The van der Waals surface area contributed by atoms with Crippen LogP contribution in [-0.2, 0) is 16.6 Å². The fraction of sp³-hybridized carbons (Fsp3) is 0.400. The van der Waals surface area contributed by atoms with Crippen molar-refractivity contribution < 1.29 is 23.4 Å². The molecule has 158 valence electrons. The van der Waals surface area contributed by atoms with Crippen LogP contribution in [0.15, 0.2) is 46.2 Å². The summed E-state index contributed by atoms with van der Waals surface area (Å²) in [5, 5.41) is 24.8. The molecule has 2 atom stereocenters. The van der Waals surface area contributed by atoms with Crippen LogP contribution in [0.4, 0.5) is 0 Å². The fourth-order valence-corrected chi connectivity index (χ4v) is 4.71. The van der Waals surface area contributed by atoms with Gasteiger partial charge in [0.15, 0.2) is 0 Å². The molecule has 1 fully saturated rings. The Balaban J connectivity index is 1.94. The molecule has 1 heterocycles. The molecule has 7 nitrogen and oxygen atoms in total. The summed E-state index contributed by atoms with van der Waals surface area (Å²) >= 11 is 1.65. The lowest BCUT2D eigenvalue weighted by molar-refractivity contribution is 0.149. The van der Waals surface area contributed by atoms with Crippen LogP contribution in [0.1, 0.15) is 17.5 Å². The normalized spacial score (nSPS) is 20.2. The topological polar surface area (TPSA) is 113 Å². The lowest BCUT2D eigenvalue weighted by Gasteiger charge is -2.24. The van der Waals surface area contributed by atoms with Gasteiger partial charge in [0.2, 0.25) is 10.0 Å². The molecule has 29 heavy (non-hydrogen) atoms. The van der Waals surface area contributed by atoms with E-state index in [-0.39, 0.29) is 17.5 Å². The van der Waals surface area contributed by atoms with Crippen LogP contribution in [0, 0.1) is 6.92 Å². The number of hydrogen-bond donors (Lipinski definition) is 3. The number of ether oxygens (including phenoxy) is 1. The second kappa shape index (κ2) is 9.03. The lowest BCUT2D eigenvalue weighted by atomic mass is 10.1. The standard InChI is InChI=1S/C20H26N2O5S2/c1-13-7-17(3-6-20(13)28-2)27-19-5-4-18(29(21,25)26)8-14(19)10-22-11-16(24)9-15(22)12-23/h3-8,15-16,23-24H,9-12H2,1-2H3,(H2,21,25,26)/t15-,16+/m0/s1. The number of hydrogen-bond acceptors (Lipinski definition) is 7. The Kier molecular flexibility index (Phi) is 6.87. The van der Waals surface area contributed by atoms with Crippen molar-refractivity contribution >= 4 is 21.8 Å². The quantitative estimate of drug-likeness (QED) is 0.567. The maximum absolute atomic E-state index is 11.8. The number of benzene rings is 2. The molecule has 0 radical (unpaired) electrons. The molecule has 1 aliphatic rings. The van der Waals surface area contributed by atoms with Crippen LogP contribution in [-0.4, -0.2) is 55.1 Å². The number of likely N-dealkylation sites (tertiary alicyclic amines) is 1. The van der Waals surface area contributed by atoms with Gasteiger partial charge in [-0.1, -0.05) is 0 Å². The molecule has 4 N–H and O–H groups in total. The van der Waals surface area contributed by atoms with Gasteiger partial charge in [0.1, 0.15) is 11.5 Å². The summed E-state index contributed by atoms with van der Waals surface area (Å²) < 4.78 is 29.7. The minimum atomic E-state index is -3.87. The minimum absolute atomic E-state index is 0.00550. The van der Waals surface area contributed by atoms with Gasteiger partial charge in [-0.15, -0.1) is 11.8 Å². The van der Waals surface area contributed by atoms with E-state index in [9.17, 15) is 18.6 Å². The summed E-state index contributed by atoms with van der Waals surface area (Å²) in [4.78, 5) is 3.06. The Hall–Kier alpha value is -1.62. The lowest BCUT2D eigenvalue weighted by Crippen LogP contribution is -2.32. The van der Waals surface area contributed by atoms with Crippen LogP contribution in [0.5, 0.6) is 11.5 Å². The van der Waals surface area contributed by atoms with Gasteiger partial charge < -0.3 is 14.9 Å². The van der Waals surface area contributed by atoms with Gasteiger partial charge in [0, 0.05) is 29.6 Å². The Morgan fingerprint density at radius 2 is 2.03 bits per heavy atom. The van der Waals surface area contributed by atoms with E-state index in [1.54, 1.807) is 17.8 Å². The average Bonchev–Trinajstić information content (AvgIpc) is 3.01. The molecule has 3 rings (SSSR count). The number of β-amino-alcohol motifs (C(OH)–C–C–N with tert-alkyl or cyclic N) is 1. The van der Waals surface area contributed by atoms with E-state index in [0.717, 1.165) is 10.5 Å². The van der Waals surface area contributed by atoms with Crippen LogP contribution in [0.3, 0.4) is 0 Å². The highest BCUT2D eigenvalue weighted by molar-refractivity contribution is 7.98. The summed E-state index contributed by atoms with van der Waals surface area (Å²) in [5.74, 6) is 1.15. The molecule has 1 saturated heterocycles. The van der Waals surface area contributed by atoms with Gasteiger partial charge in [-0.25, -0.2) is 13.6 Å². The van der Waals surface area contributed by atoms with Crippen molar-refractivity contribution in [1.82, 2.24) is 4.90 Å². The van der Waals surface area contributed by atoms with E-state index in [1.165, 1.54) is 12.1 Å². The number of nitrogens with two attached hydrogens (primary N) is 1. The van der Waals surface area contributed by atoms with Crippen LogP contribution in [0.25, 0.3) is 0 Å². The van der Waals surface area contributed by atoms with Gasteiger partial charge in [0.05, 0.1) is 17.6 Å². The second-order valence-corrected chi connectivity index (χ2v) is 9.61. The van der Waals surface area contributed by atoms with Gasteiger partial charge in [0.25, 0.3) is 0 Å². The van der Waals surface area contributed by atoms with Crippen LogP contribution < -0.4 is 9.88 Å². The number of thioether (sulfide) groups is 1. The molecular formula is C20H26N2O5S2. The summed E-state index contributed by atoms with van der Waals surface area (Å²) in [7, 11) is -3.87. The smallest absolute Gasteiger partial charge is 0.238 e. The Morgan fingerprint density at radius 3 is 2.66 bits per heavy atom. The Labute approximate surface area is 175 Å². The number of nitrogens with zero attached hydrogens (tertiary/aromatic N) is 1. The van der Waals surface area contributed by atoms with E-state index < -0.39 is 16.1 Å². The van der Waals surface area contributed by atoms with E-state index >= 15 is 0 Å². The highest BCUT2D eigenvalue weighted by Crippen LogP contribution is 2.32. The molecule has 1 aliphatic heterocycles. The third-order valence-corrected chi connectivity index (χ3v) is 6.85. The predicted molar refractivity (Wildman–Crippen MR) is 113 cm³/mol. The van der Waals surface area contributed by atoms with Gasteiger partial charge in [-0.2, -0.15) is 0 Å². The molecule has 0 aliphatic carbocycles. The number of aliphatic hydroxyl groups is 2. The maximum atomic E-state index is 11.8. The number of primary sulfonamides is 1. The van der Waals surface area contributed by atoms with Crippen molar-refractivity contribution in [2.75, 3.05) is 19.4 Å². The van der Waals surface area contributed by atoms with Crippen LogP contribution in [0.2, 0.25) is 0 Å². The zero-order chi connectivity index (χ0) is 21.2. The molecule has 0 amide bonds. The minimum Gasteiger partial charge on any atom is -0.457 e. The molecule has 0 aromatic heterocycles. The maximum Gasteiger partial charge on any atom is 0.238 e. The summed E-state index contributed by atoms with van der Waals surface area (Å²) in [6.07, 6.45) is 1.95. The first-order valence-electron chi connectivity index (χ1n) is 9.22. The SMILES string of the molecule is CSc1ccc(Oc2ccc(S(N)(=O)=O)cc2CN2C[C@H](O)C[C@H]2CO)cc1C. The zero-order valence-electron chi connectivity index (χ0n) is 16.4. The third-order valence-electron chi connectivity index (χ3n) is 5.04. The molecule has 0 saturated carbocycles. The fourth-order valence-electron chi connectivity index (χ4n) is 3.56. The van der Waals surface area contributed by atoms with Crippen molar-refractivity contribution in [2.45, 2.75) is 41.8 Å². The van der Waals surface area contributed by atoms with Crippen LogP contribution >= 0.6 is 11.8 Å². The highest BCUT2D eigenvalue weighted by atomic mass is 32.2. The van der Waals surface area contributed by atoms with E-state index in [1.807, 2.05) is 36.3 Å². The Morgan fingerprint density at radius 1 is 1.28 bits per heavy atom. The third kappa shape index (κ3) is 5.30. The molecule has 0 unspecified atom stereocenters. The zero-order valence-corrected chi connectivity index (χ0v) is 18.0.